The summed E-state index contributed by atoms with van der Waals surface area (Å²) in [6, 6.07) is 1.82. The van der Waals surface area contributed by atoms with Crippen LogP contribution < -0.4 is 15.9 Å². The van der Waals surface area contributed by atoms with Crippen LogP contribution in [0.15, 0.2) is 46.5 Å². The summed E-state index contributed by atoms with van der Waals surface area (Å²) in [6.45, 7) is 3.53. The molecule has 0 radical (unpaired) electrons. The van der Waals surface area contributed by atoms with Crippen molar-refractivity contribution in [2.45, 2.75) is 57.8 Å². The molecule has 4 aromatic rings. The number of halogens is 6. The Morgan fingerprint density at radius 2 is 1.71 bits per heavy atom. The standard InChI is InChI=1S/C26H23F6N5O4/c1-12(41-20-9-35-36-23(38)21(20)26(30,31)32)4-14(27)10-37-11-19(29)15-5-17(18(28)6-16(15)24(37)39)22-33-7-13(8-34-22)25(2,3)40/h5-9,11-12,14,40H,4,10H2,1-3H3,(H,36,38)/t12-,14-/m0/s1. The molecule has 0 bridgehead atoms. The van der Waals surface area contributed by atoms with Crippen LogP contribution in [0.4, 0.5) is 26.3 Å². The number of ether oxygens (including phenoxy) is 1. The normalized spacial score (nSPS) is 13.8. The molecule has 15 heteroatoms. The van der Waals surface area contributed by atoms with Gasteiger partial charge in [0.25, 0.3) is 11.1 Å². The molecule has 0 amide bonds. The molecule has 0 aliphatic rings. The molecule has 0 saturated carbocycles. The Kier molecular flexibility index (Phi) is 7.94. The molecule has 0 saturated heterocycles. The highest BCUT2D eigenvalue weighted by atomic mass is 19.4. The molecule has 41 heavy (non-hydrogen) atoms. The molecule has 0 fully saturated rings. The average molecular weight is 583 g/mol. The summed E-state index contributed by atoms with van der Waals surface area (Å²) in [7, 11) is 0. The summed E-state index contributed by atoms with van der Waals surface area (Å²) in [4.78, 5) is 32.5. The molecule has 4 rings (SSSR count). The van der Waals surface area contributed by atoms with E-state index in [-0.39, 0.29) is 22.2 Å². The first-order chi connectivity index (χ1) is 19.1. The van der Waals surface area contributed by atoms with Gasteiger partial charge >= 0.3 is 6.18 Å². The predicted octanol–water partition coefficient (Wildman–Crippen LogP) is 4.26. The fourth-order valence-electron chi connectivity index (χ4n) is 4.11. The zero-order valence-corrected chi connectivity index (χ0v) is 21.8. The van der Waals surface area contributed by atoms with Crippen molar-refractivity contribution >= 4 is 10.8 Å². The maximum Gasteiger partial charge on any atom is 0.425 e. The van der Waals surface area contributed by atoms with Crippen LogP contribution in [-0.4, -0.2) is 42.1 Å². The number of H-pyrrole nitrogens is 1. The second-order valence-corrected chi connectivity index (χ2v) is 9.86. The predicted molar refractivity (Wildman–Crippen MR) is 134 cm³/mol. The average Bonchev–Trinajstić information content (AvgIpc) is 2.85. The molecule has 3 heterocycles. The van der Waals surface area contributed by atoms with Gasteiger partial charge in [0, 0.05) is 36.0 Å². The van der Waals surface area contributed by atoms with Crippen LogP contribution in [0.3, 0.4) is 0 Å². The quantitative estimate of drug-likeness (QED) is 0.297. The topological polar surface area (TPSA) is 123 Å². The highest BCUT2D eigenvalue weighted by Crippen LogP contribution is 2.33. The number of nitrogens with zero attached hydrogens (tertiary/aromatic N) is 4. The van der Waals surface area contributed by atoms with Crippen LogP contribution in [0, 0.1) is 11.6 Å². The Labute approximate surface area is 227 Å². The lowest BCUT2D eigenvalue weighted by Gasteiger charge is -2.20. The number of rotatable bonds is 8. The van der Waals surface area contributed by atoms with Crippen LogP contribution in [0.25, 0.3) is 22.2 Å². The van der Waals surface area contributed by atoms with Gasteiger partial charge in [-0.15, -0.1) is 0 Å². The van der Waals surface area contributed by atoms with Crippen molar-refractivity contribution in [3.63, 3.8) is 0 Å². The van der Waals surface area contributed by atoms with E-state index >= 15 is 4.39 Å². The van der Waals surface area contributed by atoms with Gasteiger partial charge in [0.1, 0.15) is 17.8 Å². The number of fused-ring (bicyclic) bond motifs is 1. The van der Waals surface area contributed by atoms with Gasteiger partial charge in [-0.25, -0.2) is 28.2 Å². The maximum absolute atomic E-state index is 15.0. The van der Waals surface area contributed by atoms with Crippen LogP contribution in [0.5, 0.6) is 5.75 Å². The molecule has 0 spiro atoms. The lowest BCUT2D eigenvalue weighted by Crippen LogP contribution is -2.29. The molecular formula is C26H23F6N5O4. The number of nitrogens with one attached hydrogen (secondary N) is 1. The number of aromatic nitrogens is 5. The van der Waals surface area contributed by atoms with E-state index in [1.807, 2.05) is 0 Å². The van der Waals surface area contributed by atoms with E-state index in [1.54, 1.807) is 5.10 Å². The summed E-state index contributed by atoms with van der Waals surface area (Å²) < 4.78 is 90.3. The largest absolute Gasteiger partial charge is 0.488 e. The molecule has 0 aliphatic carbocycles. The second-order valence-electron chi connectivity index (χ2n) is 9.86. The lowest BCUT2D eigenvalue weighted by atomic mass is 10.0. The van der Waals surface area contributed by atoms with E-state index in [9.17, 15) is 36.6 Å². The van der Waals surface area contributed by atoms with Crippen molar-refractivity contribution in [2.75, 3.05) is 0 Å². The zero-order chi connectivity index (χ0) is 30.3. The second kappa shape index (κ2) is 11.0. The SMILES string of the molecule is C[C@@H](C[C@H](F)Cn1cc(F)c2cc(-c3ncc(C(C)(C)O)cn3)c(F)cc2c1=O)Oc1cn[nH]c(=O)c1C(F)(F)F. The van der Waals surface area contributed by atoms with Gasteiger partial charge in [0.05, 0.1) is 35.4 Å². The van der Waals surface area contributed by atoms with Crippen molar-refractivity contribution in [3.8, 4) is 17.1 Å². The van der Waals surface area contributed by atoms with E-state index in [4.69, 9.17) is 4.74 Å². The number of alkyl halides is 4. The first-order valence-electron chi connectivity index (χ1n) is 12.1. The molecule has 3 aromatic heterocycles. The molecule has 0 unspecified atom stereocenters. The molecule has 0 aliphatic heterocycles. The Hall–Kier alpha value is -4.27. The highest BCUT2D eigenvalue weighted by Gasteiger charge is 2.38. The van der Waals surface area contributed by atoms with Gasteiger partial charge < -0.3 is 14.4 Å². The maximum atomic E-state index is 15.0. The van der Waals surface area contributed by atoms with Crippen molar-refractivity contribution in [1.82, 2.24) is 24.7 Å². The van der Waals surface area contributed by atoms with E-state index in [2.05, 4.69) is 15.1 Å². The van der Waals surface area contributed by atoms with Crippen molar-refractivity contribution in [2.24, 2.45) is 0 Å². The smallest absolute Gasteiger partial charge is 0.425 e. The van der Waals surface area contributed by atoms with E-state index in [0.717, 1.165) is 18.3 Å². The van der Waals surface area contributed by atoms with Gasteiger partial charge in [-0.3, -0.25) is 9.59 Å². The minimum atomic E-state index is -5.06. The first-order valence-corrected chi connectivity index (χ1v) is 12.1. The summed E-state index contributed by atoms with van der Waals surface area (Å²) in [5, 5.41) is 14.3. The molecule has 1 aromatic carbocycles. The Bertz CT molecular complexity index is 1700. The summed E-state index contributed by atoms with van der Waals surface area (Å²) in [6.07, 6.45) is -4.79. The molecule has 218 valence electrons. The first kappa shape index (κ1) is 29.7. The fraction of sp³-hybridized carbons (Fsp3) is 0.346. The number of benzene rings is 1. The van der Waals surface area contributed by atoms with Crippen LogP contribution >= 0.6 is 0 Å². The monoisotopic (exact) mass is 583 g/mol. The third-order valence-corrected chi connectivity index (χ3v) is 6.14. The minimum Gasteiger partial charge on any atom is -0.488 e. The number of hydrogen-bond donors (Lipinski definition) is 2. The van der Waals surface area contributed by atoms with Gasteiger partial charge in [-0.05, 0) is 32.9 Å². The highest BCUT2D eigenvalue weighted by molar-refractivity contribution is 5.86. The van der Waals surface area contributed by atoms with Gasteiger partial charge in [0.15, 0.2) is 17.1 Å². The minimum absolute atomic E-state index is 0.122. The van der Waals surface area contributed by atoms with E-state index in [1.165, 1.54) is 33.2 Å². The van der Waals surface area contributed by atoms with Crippen molar-refractivity contribution in [1.29, 1.82) is 0 Å². The van der Waals surface area contributed by atoms with Gasteiger partial charge in [0.2, 0.25) is 0 Å². The van der Waals surface area contributed by atoms with Crippen LogP contribution in [-0.2, 0) is 18.3 Å². The number of hydrogen-bond acceptors (Lipinski definition) is 7. The molecular weight excluding hydrogens is 560 g/mol. The summed E-state index contributed by atoms with van der Waals surface area (Å²) in [5.41, 5.74) is -5.20. The summed E-state index contributed by atoms with van der Waals surface area (Å²) >= 11 is 0. The fourth-order valence-corrected chi connectivity index (χ4v) is 4.11. The number of aromatic amines is 1. The van der Waals surface area contributed by atoms with Gasteiger partial charge in [-0.1, -0.05) is 0 Å². The molecule has 2 atom stereocenters. The zero-order valence-electron chi connectivity index (χ0n) is 21.8. The van der Waals surface area contributed by atoms with Crippen LogP contribution in [0.2, 0.25) is 0 Å². The number of pyridine rings is 1. The van der Waals surface area contributed by atoms with Crippen LogP contribution in [0.1, 0.15) is 38.3 Å². The number of aliphatic hydroxyl groups is 1. The van der Waals surface area contributed by atoms with Crippen molar-refractivity contribution < 1.29 is 36.2 Å². The Balaban J connectivity index is 1.56. The van der Waals surface area contributed by atoms with E-state index in [0.29, 0.717) is 16.3 Å². The third-order valence-electron chi connectivity index (χ3n) is 6.14. The Morgan fingerprint density at radius 1 is 1.05 bits per heavy atom. The Morgan fingerprint density at radius 3 is 2.32 bits per heavy atom. The molecule has 2 N–H and O–H groups in total. The molecule has 9 nitrogen and oxygen atoms in total. The summed E-state index contributed by atoms with van der Waals surface area (Å²) in [5.74, 6) is -2.95. The van der Waals surface area contributed by atoms with Crippen molar-refractivity contribution in [3.05, 3.63) is 80.4 Å². The van der Waals surface area contributed by atoms with E-state index < -0.39 is 71.1 Å². The third kappa shape index (κ3) is 6.39. The van der Waals surface area contributed by atoms with Gasteiger partial charge in [-0.2, -0.15) is 18.3 Å². The lowest BCUT2D eigenvalue weighted by molar-refractivity contribution is -0.140.